The Hall–Kier alpha value is -1.16. The largest absolute Gasteiger partial charge is 0.508 e. The Bertz CT molecular complexity index is 350. The van der Waals surface area contributed by atoms with Crippen LogP contribution in [-0.4, -0.2) is 17.1 Å². The predicted octanol–water partition coefficient (Wildman–Crippen LogP) is 2.23. The highest BCUT2D eigenvalue weighted by atomic mass is 19.3. The summed E-state index contributed by atoms with van der Waals surface area (Å²) in [6.07, 6.45) is -2.66. The Morgan fingerprint density at radius 1 is 1.47 bits per heavy atom. The van der Waals surface area contributed by atoms with Gasteiger partial charge in [-0.05, 0) is 37.5 Å². The molecule has 0 saturated carbocycles. The Labute approximate surface area is 87.7 Å². The molecule has 1 aromatic carbocycles. The third-order valence-corrected chi connectivity index (χ3v) is 2.31. The molecule has 3 N–H and O–H groups in total. The van der Waals surface area contributed by atoms with E-state index in [1.54, 1.807) is 12.1 Å². The molecule has 0 fully saturated rings. The van der Waals surface area contributed by atoms with Gasteiger partial charge >= 0.3 is 0 Å². The van der Waals surface area contributed by atoms with Crippen LogP contribution in [0.1, 0.15) is 18.1 Å². The number of phenolic OH excluding ortho intramolecular Hbond substituents is 1. The van der Waals surface area contributed by atoms with E-state index in [9.17, 15) is 13.9 Å². The highest BCUT2D eigenvalue weighted by molar-refractivity contribution is 5.37. The number of nitrogens with two attached hydrogens (primary N) is 1. The number of halogens is 2. The maximum Gasteiger partial charge on any atom is 0.256 e. The van der Waals surface area contributed by atoms with Crippen LogP contribution in [0.15, 0.2) is 18.2 Å². The van der Waals surface area contributed by atoms with Gasteiger partial charge in [0.1, 0.15) is 5.75 Å². The molecule has 0 bridgehead atoms. The van der Waals surface area contributed by atoms with Gasteiger partial charge in [-0.25, -0.2) is 8.78 Å². The third kappa shape index (κ3) is 2.89. The van der Waals surface area contributed by atoms with Crippen molar-refractivity contribution in [3.05, 3.63) is 29.3 Å². The topological polar surface area (TPSA) is 46.2 Å². The monoisotopic (exact) mass is 215 g/mol. The fourth-order valence-corrected chi connectivity index (χ4v) is 1.31. The Morgan fingerprint density at radius 3 is 2.53 bits per heavy atom. The summed E-state index contributed by atoms with van der Waals surface area (Å²) in [5.41, 5.74) is 5.16. The lowest BCUT2D eigenvalue weighted by Crippen LogP contribution is -2.45. The lowest BCUT2D eigenvalue weighted by Gasteiger charge is -2.23. The third-order valence-electron chi connectivity index (χ3n) is 2.31. The molecule has 0 spiro atoms. The van der Waals surface area contributed by atoms with E-state index in [0.29, 0.717) is 5.56 Å². The first-order valence-corrected chi connectivity index (χ1v) is 4.68. The summed E-state index contributed by atoms with van der Waals surface area (Å²) >= 11 is 0. The molecular weight excluding hydrogens is 200 g/mol. The molecule has 2 nitrogen and oxygen atoms in total. The minimum Gasteiger partial charge on any atom is -0.508 e. The summed E-state index contributed by atoms with van der Waals surface area (Å²) in [5, 5.41) is 9.54. The summed E-state index contributed by atoms with van der Waals surface area (Å²) in [7, 11) is 0. The minimum atomic E-state index is -2.61. The van der Waals surface area contributed by atoms with E-state index < -0.39 is 12.0 Å². The van der Waals surface area contributed by atoms with Crippen LogP contribution < -0.4 is 5.73 Å². The van der Waals surface area contributed by atoms with Crippen molar-refractivity contribution in [2.45, 2.75) is 32.2 Å². The molecular formula is C11H15F2NO. The second-order valence-electron chi connectivity index (χ2n) is 4.12. The van der Waals surface area contributed by atoms with E-state index in [0.717, 1.165) is 5.56 Å². The molecule has 0 radical (unpaired) electrons. The molecule has 84 valence electrons. The average molecular weight is 215 g/mol. The molecule has 4 heteroatoms. The number of phenols is 1. The van der Waals surface area contributed by atoms with E-state index in [-0.39, 0.29) is 12.2 Å². The van der Waals surface area contributed by atoms with Gasteiger partial charge in [0.25, 0.3) is 6.43 Å². The molecule has 1 atom stereocenters. The van der Waals surface area contributed by atoms with Crippen molar-refractivity contribution in [2.24, 2.45) is 5.73 Å². The van der Waals surface area contributed by atoms with Gasteiger partial charge in [0, 0.05) is 0 Å². The second kappa shape index (κ2) is 4.14. The number of aryl methyl sites for hydroxylation is 1. The summed E-state index contributed by atoms with van der Waals surface area (Å²) in [6, 6.07) is 4.92. The fraction of sp³-hybridized carbons (Fsp3) is 0.455. The second-order valence-corrected chi connectivity index (χ2v) is 4.12. The van der Waals surface area contributed by atoms with Gasteiger partial charge in [0.15, 0.2) is 0 Å². The summed E-state index contributed by atoms with van der Waals surface area (Å²) in [6.45, 7) is 3.09. The van der Waals surface area contributed by atoms with Gasteiger partial charge in [0.2, 0.25) is 0 Å². The van der Waals surface area contributed by atoms with Gasteiger partial charge in [-0.2, -0.15) is 0 Å². The van der Waals surface area contributed by atoms with Crippen LogP contribution in [0.5, 0.6) is 5.75 Å². The first-order valence-electron chi connectivity index (χ1n) is 4.68. The molecule has 1 unspecified atom stereocenters. The number of benzene rings is 1. The van der Waals surface area contributed by atoms with Crippen molar-refractivity contribution in [3.63, 3.8) is 0 Å². The number of rotatable bonds is 3. The summed E-state index contributed by atoms with van der Waals surface area (Å²) in [4.78, 5) is 0. The van der Waals surface area contributed by atoms with Crippen LogP contribution in [-0.2, 0) is 6.42 Å². The summed E-state index contributed by atoms with van der Waals surface area (Å²) in [5.74, 6) is 0.0207. The average Bonchev–Trinajstić information content (AvgIpc) is 2.09. The molecule has 0 aromatic heterocycles. The van der Waals surface area contributed by atoms with Gasteiger partial charge in [0.05, 0.1) is 5.54 Å². The molecule has 1 aromatic rings. The van der Waals surface area contributed by atoms with Crippen LogP contribution in [0.25, 0.3) is 0 Å². The van der Waals surface area contributed by atoms with Gasteiger partial charge in [-0.1, -0.05) is 12.1 Å². The Morgan fingerprint density at radius 2 is 2.07 bits per heavy atom. The number of alkyl halides is 2. The standard InChI is InChI=1S/C11H15F2NO/c1-7-3-4-8(9(15)5-7)6-11(2,14)10(12)13/h3-5,10,15H,6,14H2,1-2H3. The molecule has 1 rings (SSSR count). The number of hydrogen-bond donors (Lipinski definition) is 2. The first kappa shape index (κ1) is 11.9. The van der Waals surface area contributed by atoms with E-state index in [1.807, 2.05) is 6.92 Å². The molecule has 0 aliphatic rings. The van der Waals surface area contributed by atoms with Crippen LogP contribution in [0.4, 0.5) is 8.78 Å². The maximum absolute atomic E-state index is 12.5. The van der Waals surface area contributed by atoms with Crippen LogP contribution in [0.2, 0.25) is 0 Å². The zero-order chi connectivity index (χ0) is 11.6. The van der Waals surface area contributed by atoms with Crippen molar-refractivity contribution in [1.82, 2.24) is 0 Å². The van der Waals surface area contributed by atoms with Crippen LogP contribution in [0, 0.1) is 6.92 Å². The molecule has 0 heterocycles. The first-order chi connectivity index (χ1) is 6.83. The molecule has 0 aliphatic carbocycles. The Balaban J connectivity index is 2.90. The van der Waals surface area contributed by atoms with Gasteiger partial charge in [-0.3, -0.25) is 0 Å². The normalized spacial score (nSPS) is 15.3. The molecule has 0 saturated heterocycles. The van der Waals surface area contributed by atoms with E-state index in [1.165, 1.54) is 13.0 Å². The maximum atomic E-state index is 12.5. The van der Waals surface area contributed by atoms with E-state index in [4.69, 9.17) is 5.73 Å². The predicted molar refractivity (Wildman–Crippen MR) is 55.1 cm³/mol. The van der Waals surface area contributed by atoms with Crippen molar-refractivity contribution >= 4 is 0 Å². The zero-order valence-electron chi connectivity index (χ0n) is 8.80. The van der Waals surface area contributed by atoms with Crippen molar-refractivity contribution in [1.29, 1.82) is 0 Å². The minimum absolute atomic E-state index is 0.0207. The SMILES string of the molecule is Cc1ccc(CC(C)(N)C(F)F)c(O)c1. The van der Waals surface area contributed by atoms with Crippen molar-refractivity contribution < 1.29 is 13.9 Å². The highest BCUT2D eigenvalue weighted by Crippen LogP contribution is 2.25. The lowest BCUT2D eigenvalue weighted by molar-refractivity contribution is 0.0636. The molecule has 15 heavy (non-hydrogen) atoms. The zero-order valence-corrected chi connectivity index (χ0v) is 8.80. The number of hydrogen-bond acceptors (Lipinski definition) is 2. The Kier molecular flexibility index (Phi) is 3.29. The van der Waals surface area contributed by atoms with Crippen LogP contribution in [0.3, 0.4) is 0 Å². The fourth-order valence-electron chi connectivity index (χ4n) is 1.31. The highest BCUT2D eigenvalue weighted by Gasteiger charge is 2.31. The van der Waals surface area contributed by atoms with E-state index in [2.05, 4.69) is 0 Å². The van der Waals surface area contributed by atoms with Crippen LogP contribution >= 0.6 is 0 Å². The molecule has 0 aliphatic heterocycles. The molecule has 0 amide bonds. The summed E-state index contributed by atoms with van der Waals surface area (Å²) < 4.78 is 25.0. The van der Waals surface area contributed by atoms with E-state index >= 15 is 0 Å². The van der Waals surface area contributed by atoms with Gasteiger partial charge < -0.3 is 10.8 Å². The quantitative estimate of drug-likeness (QED) is 0.812. The van der Waals surface area contributed by atoms with Crippen molar-refractivity contribution in [2.75, 3.05) is 0 Å². The van der Waals surface area contributed by atoms with Crippen molar-refractivity contribution in [3.8, 4) is 5.75 Å². The smallest absolute Gasteiger partial charge is 0.256 e. The lowest BCUT2D eigenvalue weighted by atomic mass is 9.93. The van der Waals surface area contributed by atoms with Gasteiger partial charge in [-0.15, -0.1) is 0 Å². The number of aromatic hydroxyl groups is 1.